The molecule has 0 fully saturated rings. The average Bonchev–Trinajstić information content (AvgIpc) is 2.21. The summed E-state index contributed by atoms with van der Waals surface area (Å²) in [4.78, 5) is 3.73. The zero-order valence-corrected chi connectivity index (χ0v) is 7.37. The summed E-state index contributed by atoms with van der Waals surface area (Å²) in [5.74, 6) is 0.0796. The molecule has 4 nitrogen and oxygen atoms in total. The summed E-state index contributed by atoms with van der Waals surface area (Å²) >= 11 is 0. The van der Waals surface area contributed by atoms with Gasteiger partial charge in [0, 0.05) is 6.20 Å². The molecule has 1 rings (SSSR count). The first-order valence-electron chi connectivity index (χ1n) is 3.95. The Hall–Kier alpha value is -1.75. The first-order valence-corrected chi connectivity index (χ1v) is 3.95. The Bertz CT molecular complexity index is 334. The zero-order valence-electron chi connectivity index (χ0n) is 7.37. The van der Waals surface area contributed by atoms with E-state index in [4.69, 9.17) is 10.5 Å². The Kier molecular flexibility index (Phi) is 3.75. The number of anilines is 1. The number of aliphatic hydroxyl groups excluding tert-OH is 1. The monoisotopic (exact) mass is 195 g/mol. The van der Waals surface area contributed by atoms with Crippen LogP contribution in [0.25, 0.3) is 0 Å². The second-order valence-corrected chi connectivity index (χ2v) is 2.52. The SMILES string of the molecule is N=C(/C=C\Nc1ccc(F)cn1)CO. The van der Waals surface area contributed by atoms with Crippen LogP contribution in [0.1, 0.15) is 0 Å². The van der Waals surface area contributed by atoms with E-state index in [1.807, 2.05) is 0 Å². The molecule has 5 heteroatoms. The number of nitrogens with one attached hydrogen (secondary N) is 2. The molecule has 0 saturated carbocycles. The number of rotatable bonds is 4. The number of pyridine rings is 1. The van der Waals surface area contributed by atoms with Crippen molar-refractivity contribution in [1.29, 1.82) is 5.41 Å². The van der Waals surface area contributed by atoms with Crippen molar-refractivity contribution in [1.82, 2.24) is 4.98 Å². The summed E-state index contributed by atoms with van der Waals surface area (Å²) in [6.07, 6.45) is 3.94. The molecule has 74 valence electrons. The molecule has 1 aromatic heterocycles. The quantitative estimate of drug-likeness (QED) is 0.631. The molecule has 0 aromatic carbocycles. The molecule has 0 aliphatic rings. The fourth-order valence-electron chi connectivity index (χ4n) is 0.742. The number of halogens is 1. The van der Waals surface area contributed by atoms with Crippen molar-refractivity contribution in [3.05, 3.63) is 36.4 Å². The van der Waals surface area contributed by atoms with Crippen LogP contribution in [0.5, 0.6) is 0 Å². The molecule has 0 atom stereocenters. The highest BCUT2D eigenvalue weighted by atomic mass is 19.1. The lowest BCUT2D eigenvalue weighted by Crippen LogP contribution is -1.99. The first kappa shape index (κ1) is 10.3. The highest BCUT2D eigenvalue weighted by Gasteiger charge is 1.91. The predicted octanol–water partition coefficient (Wildman–Crippen LogP) is 1.16. The first-order chi connectivity index (χ1) is 6.72. The smallest absolute Gasteiger partial charge is 0.141 e. The van der Waals surface area contributed by atoms with Crippen LogP contribution in [0.3, 0.4) is 0 Å². The Morgan fingerprint density at radius 1 is 1.64 bits per heavy atom. The number of aliphatic hydroxyl groups is 1. The molecular weight excluding hydrogens is 185 g/mol. The largest absolute Gasteiger partial charge is 0.390 e. The third kappa shape index (κ3) is 3.32. The van der Waals surface area contributed by atoms with E-state index in [-0.39, 0.29) is 12.3 Å². The molecule has 3 N–H and O–H groups in total. The summed E-state index contributed by atoms with van der Waals surface area (Å²) in [5.41, 5.74) is 0.0830. The second-order valence-electron chi connectivity index (χ2n) is 2.52. The highest BCUT2D eigenvalue weighted by molar-refractivity contribution is 5.93. The number of hydrogen-bond acceptors (Lipinski definition) is 4. The Morgan fingerprint density at radius 2 is 2.43 bits per heavy atom. The van der Waals surface area contributed by atoms with E-state index in [0.717, 1.165) is 6.20 Å². The molecule has 1 aromatic rings. The van der Waals surface area contributed by atoms with Crippen molar-refractivity contribution in [2.45, 2.75) is 0 Å². The number of nitrogens with zero attached hydrogens (tertiary/aromatic N) is 1. The Balaban J connectivity index is 2.49. The van der Waals surface area contributed by atoms with Crippen LogP contribution in [0.4, 0.5) is 10.2 Å². The molecule has 0 unspecified atom stereocenters. The molecule has 0 saturated heterocycles. The molecular formula is C9H10FN3O. The van der Waals surface area contributed by atoms with Gasteiger partial charge in [-0.1, -0.05) is 0 Å². The van der Waals surface area contributed by atoms with Crippen LogP contribution in [-0.2, 0) is 0 Å². The van der Waals surface area contributed by atoms with Crippen molar-refractivity contribution in [3.63, 3.8) is 0 Å². The van der Waals surface area contributed by atoms with E-state index >= 15 is 0 Å². The van der Waals surface area contributed by atoms with Crippen molar-refractivity contribution in [2.24, 2.45) is 0 Å². The van der Waals surface area contributed by atoms with Crippen molar-refractivity contribution < 1.29 is 9.50 Å². The fourth-order valence-corrected chi connectivity index (χ4v) is 0.742. The van der Waals surface area contributed by atoms with Gasteiger partial charge in [-0.05, 0) is 18.2 Å². The molecule has 0 bridgehead atoms. The van der Waals surface area contributed by atoms with E-state index in [2.05, 4.69) is 10.3 Å². The van der Waals surface area contributed by atoms with Gasteiger partial charge in [0.1, 0.15) is 11.6 Å². The molecule has 0 aliphatic heterocycles. The Labute approximate surface area is 80.6 Å². The Morgan fingerprint density at radius 3 is 3.00 bits per heavy atom. The van der Waals surface area contributed by atoms with Gasteiger partial charge in [0.15, 0.2) is 0 Å². The molecule has 0 radical (unpaired) electrons. The van der Waals surface area contributed by atoms with Crippen molar-refractivity contribution in [2.75, 3.05) is 11.9 Å². The van der Waals surface area contributed by atoms with Gasteiger partial charge in [-0.2, -0.15) is 0 Å². The van der Waals surface area contributed by atoms with Gasteiger partial charge >= 0.3 is 0 Å². The minimum absolute atomic E-state index is 0.0830. The minimum Gasteiger partial charge on any atom is -0.390 e. The van der Waals surface area contributed by atoms with Gasteiger partial charge in [-0.3, -0.25) is 0 Å². The van der Waals surface area contributed by atoms with E-state index < -0.39 is 5.82 Å². The summed E-state index contributed by atoms with van der Waals surface area (Å²) in [7, 11) is 0. The normalized spacial score (nSPS) is 10.4. The topological polar surface area (TPSA) is 69.0 Å². The average molecular weight is 195 g/mol. The maximum absolute atomic E-state index is 12.4. The van der Waals surface area contributed by atoms with E-state index in [1.54, 1.807) is 0 Å². The van der Waals surface area contributed by atoms with Crippen LogP contribution in [-0.4, -0.2) is 22.4 Å². The van der Waals surface area contributed by atoms with E-state index in [0.29, 0.717) is 5.82 Å². The lowest BCUT2D eigenvalue weighted by Gasteiger charge is -1.98. The third-order valence-electron chi connectivity index (χ3n) is 1.41. The summed E-state index contributed by atoms with van der Waals surface area (Å²) < 4.78 is 12.4. The van der Waals surface area contributed by atoms with Gasteiger partial charge in [0.05, 0.1) is 18.5 Å². The minimum atomic E-state index is -0.400. The lowest BCUT2D eigenvalue weighted by molar-refractivity contribution is 0.357. The lowest BCUT2D eigenvalue weighted by atomic mass is 10.4. The van der Waals surface area contributed by atoms with Gasteiger partial charge in [0.2, 0.25) is 0 Å². The van der Waals surface area contributed by atoms with Crippen LogP contribution in [0.2, 0.25) is 0 Å². The van der Waals surface area contributed by atoms with Crippen molar-refractivity contribution in [3.8, 4) is 0 Å². The van der Waals surface area contributed by atoms with Crippen LogP contribution >= 0.6 is 0 Å². The second kappa shape index (κ2) is 5.08. The zero-order chi connectivity index (χ0) is 10.4. The molecule has 14 heavy (non-hydrogen) atoms. The maximum Gasteiger partial charge on any atom is 0.141 e. The molecule has 1 heterocycles. The highest BCUT2D eigenvalue weighted by Crippen LogP contribution is 2.02. The number of aromatic nitrogens is 1. The predicted molar refractivity (Wildman–Crippen MR) is 51.8 cm³/mol. The number of hydrogen-bond donors (Lipinski definition) is 3. The molecule has 0 aliphatic carbocycles. The standard InChI is InChI=1S/C9H10FN3O/c10-7-1-2-9(13-5-7)12-4-3-8(11)6-14/h1-5,11,14H,6H2,(H,12,13)/b4-3-,11-8?. The van der Waals surface area contributed by atoms with Crippen LogP contribution in [0, 0.1) is 11.2 Å². The van der Waals surface area contributed by atoms with Crippen LogP contribution < -0.4 is 5.32 Å². The van der Waals surface area contributed by atoms with Gasteiger partial charge in [0.25, 0.3) is 0 Å². The van der Waals surface area contributed by atoms with Crippen LogP contribution in [0.15, 0.2) is 30.6 Å². The van der Waals surface area contributed by atoms with Gasteiger partial charge < -0.3 is 15.8 Å². The summed E-state index contributed by atoms with van der Waals surface area (Å²) in [5, 5.41) is 18.3. The fraction of sp³-hybridized carbons (Fsp3) is 0.111. The summed E-state index contributed by atoms with van der Waals surface area (Å²) in [6, 6.07) is 2.75. The maximum atomic E-state index is 12.4. The van der Waals surface area contributed by atoms with Crippen molar-refractivity contribution >= 4 is 11.5 Å². The summed E-state index contributed by atoms with van der Waals surface area (Å²) in [6.45, 7) is -0.310. The molecule has 0 amide bonds. The molecule has 0 spiro atoms. The van der Waals surface area contributed by atoms with Gasteiger partial charge in [-0.25, -0.2) is 9.37 Å². The van der Waals surface area contributed by atoms with Gasteiger partial charge in [-0.15, -0.1) is 0 Å². The van der Waals surface area contributed by atoms with E-state index in [1.165, 1.54) is 24.4 Å². The van der Waals surface area contributed by atoms with E-state index in [9.17, 15) is 4.39 Å². The third-order valence-corrected chi connectivity index (χ3v) is 1.41.